The maximum Gasteiger partial charge on any atom is 0.305 e. The van der Waals surface area contributed by atoms with Gasteiger partial charge in [-0.2, -0.15) is 0 Å². The van der Waals surface area contributed by atoms with Gasteiger partial charge in [-0.15, -0.1) is 0 Å². The maximum atomic E-state index is 12.4. The van der Waals surface area contributed by atoms with E-state index in [4.69, 9.17) is 14.6 Å². The molecule has 0 saturated carbocycles. The fourth-order valence-corrected chi connectivity index (χ4v) is 2.68. The van der Waals surface area contributed by atoms with Gasteiger partial charge in [0.1, 0.15) is 11.5 Å². The SMILES string of the molecule is COc1ccc(OC(C)C(=O)N2CCCC2CC(=O)O)cc1. The lowest BCUT2D eigenvalue weighted by Crippen LogP contribution is -2.43. The summed E-state index contributed by atoms with van der Waals surface area (Å²) < 4.78 is 10.7. The van der Waals surface area contributed by atoms with E-state index in [1.807, 2.05) is 0 Å². The van der Waals surface area contributed by atoms with Crippen molar-refractivity contribution in [2.75, 3.05) is 13.7 Å². The quantitative estimate of drug-likeness (QED) is 0.869. The van der Waals surface area contributed by atoms with Crippen molar-refractivity contribution in [3.63, 3.8) is 0 Å². The highest BCUT2D eigenvalue weighted by Crippen LogP contribution is 2.23. The van der Waals surface area contributed by atoms with E-state index in [1.54, 1.807) is 43.2 Å². The van der Waals surface area contributed by atoms with Crippen LogP contribution in [-0.4, -0.2) is 47.7 Å². The molecule has 22 heavy (non-hydrogen) atoms. The van der Waals surface area contributed by atoms with Crippen LogP contribution in [0.2, 0.25) is 0 Å². The van der Waals surface area contributed by atoms with E-state index >= 15 is 0 Å². The smallest absolute Gasteiger partial charge is 0.305 e. The van der Waals surface area contributed by atoms with Crippen LogP contribution in [0.1, 0.15) is 26.2 Å². The lowest BCUT2D eigenvalue weighted by atomic mass is 10.1. The molecule has 1 saturated heterocycles. The number of benzene rings is 1. The molecule has 0 bridgehead atoms. The van der Waals surface area contributed by atoms with Gasteiger partial charge in [0.25, 0.3) is 5.91 Å². The Hall–Kier alpha value is -2.24. The first-order valence-electron chi connectivity index (χ1n) is 7.34. The largest absolute Gasteiger partial charge is 0.497 e. The minimum absolute atomic E-state index is 0.0129. The molecule has 2 atom stereocenters. The number of likely N-dealkylation sites (tertiary alicyclic amines) is 1. The number of ether oxygens (including phenoxy) is 2. The van der Waals surface area contributed by atoms with E-state index in [9.17, 15) is 9.59 Å². The molecular formula is C16H21NO5. The van der Waals surface area contributed by atoms with E-state index in [-0.39, 0.29) is 18.4 Å². The van der Waals surface area contributed by atoms with Crippen molar-refractivity contribution in [3.05, 3.63) is 24.3 Å². The molecule has 1 aromatic rings. The number of rotatable bonds is 6. The first-order chi connectivity index (χ1) is 10.5. The molecule has 2 rings (SSSR count). The summed E-state index contributed by atoms with van der Waals surface area (Å²) in [6.45, 7) is 2.27. The van der Waals surface area contributed by atoms with E-state index < -0.39 is 12.1 Å². The zero-order valence-corrected chi connectivity index (χ0v) is 12.8. The molecule has 1 heterocycles. The third kappa shape index (κ3) is 3.90. The topological polar surface area (TPSA) is 76.1 Å². The van der Waals surface area contributed by atoms with Gasteiger partial charge in [0.2, 0.25) is 0 Å². The molecule has 120 valence electrons. The number of carbonyl (C=O) groups excluding carboxylic acids is 1. The number of nitrogens with zero attached hydrogens (tertiary/aromatic N) is 1. The second-order valence-corrected chi connectivity index (χ2v) is 5.36. The number of carboxylic acid groups (broad SMARTS) is 1. The van der Waals surface area contributed by atoms with E-state index in [0.717, 1.165) is 12.8 Å². The molecule has 1 aromatic carbocycles. The minimum atomic E-state index is -0.881. The standard InChI is InChI=1S/C16H21NO5/c1-11(22-14-7-5-13(21-2)6-8-14)16(20)17-9-3-4-12(17)10-15(18)19/h5-8,11-12H,3-4,9-10H2,1-2H3,(H,18,19). The van der Waals surface area contributed by atoms with Gasteiger partial charge in [-0.1, -0.05) is 0 Å². The lowest BCUT2D eigenvalue weighted by Gasteiger charge is -2.26. The highest BCUT2D eigenvalue weighted by atomic mass is 16.5. The molecule has 0 spiro atoms. The molecule has 6 nitrogen and oxygen atoms in total. The molecule has 1 aliphatic heterocycles. The van der Waals surface area contributed by atoms with Crippen molar-refractivity contribution in [3.8, 4) is 11.5 Å². The van der Waals surface area contributed by atoms with Crippen LogP contribution in [0.15, 0.2) is 24.3 Å². The van der Waals surface area contributed by atoms with Gasteiger partial charge in [-0.05, 0) is 44.0 Å². The molecule has 0 aromatic heterocycles. The minimum Gasteiger partial charge on any atom is -0.497 e. The monoisotopic (exact) mass is 307 g/mol. The number of hydrogen-bond donors (Lipinski definition) is 1. The third-order valence-corrected chi connectivity index (χ3v) is 3.79. The van der Waals surface area contributed by atoms with Crippen molar-refractivity contribution in [1.82, 2.24) is 4.90 Å². The van der Waals surface area contributed by atoms with Crippen LogP contribution < -0.4 is 9.47 Å². The summed E-state index contributed by atoms with van der Waals surface area (Å²) in [5.41, 5.74) is 0. The summed E-state index contributed by atoms with van der Waals surface area (Å²) in [4.78, 5) is 24.9. The summed E-state index contributed by atoms with van der Waals surface area (Å²) in [7, 11) is 1.58. The maximum absolute atomic E-state index is 12.4. The Kier molecular flexibility index (Phi) is 5.25. The molecule has 1 aliphatic rings. The average Bonchev–Trinajstić information content (AvgIpc) is 2.94. The Balaban J connectivity index is 1.97. The number of hydrogen-bond acceptors (Lipinski definition) is 4. The number of amides is 1. The average molecular weight is 307 g/mol. The summed E-state index contributed by atoms with van der Waals surface area (Å²) in [6, 6.07) is 6.76. The summed E-state index contributed by atoms with van der Waals surface area (Å²) >= 11 is 0. The van der Waals surface area contributed by atoms with Crippen LogP contribution in [0.3, 0.4) is 0 Å². The number of aliphatic carboxylic acids is 1. The highest BCUT2D eigenvalue weighted by molar-refractivity contribution is 5.82. The molecule has 1 amide bonds. The molecule has 0 radical (unpaired) electrons. The van der Waals surface area contributed by atoms with Gasteiger partial charge in [0.05, 0.1) is 13.5 Å². The summed E-state index contributed by atoms with van der Waals surface area (Å²) in [6.07, 6.45) is 0.899. The number of methoxy groups -OCH3 is 1. The third-order valence-electron chi connectivity index (χ3n) is 3.79. The molecule has 0 aliphatic carbocycles. The van der Waals surface area contributed by atoms with Crippen LogP contribution in [0.4, 0.5) is 0 Å². The Morgan fingerprint density at radius 2 is 1.95 bits per heavy atom. The first kappa shape index (κ1) is 16.1. The van der Waals surface area contributed by atoms with Crippen LogP contribution >= 0.6 is 0 Å². The fraction of sp³-hybridized carbons (Fsp3) is 0.500. The van der Waals surface area contributed by atoms with Gasteiger partial charge in [0.15, 0.2) is 6.10 Å². The van der Waals surface area contributed by atoms with E-state index in [1.165, 1.54) is 0 Å². The Morgan fingerprint density at radius 1 is 1.32 bits per heavy atom. The van der Waals surface area contributed by atoms with Crippen molar-refractivity contribution < 1.29 is 24.2 Å². The Morgan fingerprint density at radius 3 is 2.55 bits per heavy atom. The van der Waals surface area contributed by atoms with Crippen molar-refractivity contribution in [2.24, 2.45) is 0 Å². The normalized spacial score (nSPS) is 18.8. The Labute approximate surface area is 129 Å². The van der Waals surface area contributed by atoms with Gasteiger partial charge >= 0.3 is 5.97 Å². The van der Waals surface area contributed by atoms with Gasteiger partial charge < -0.3 is 19.5 Å². The van der Waals surface area contributed by atoms with Crippen molar-refractivity contribution in [2.45, 2.75) is 38.3 Å². The molecular weight excluding hydrogens is 286 g/mol. The van der Waals surface area contributed by atoms with Crippen molar-refractivity contribution in [1.29, 1.82) is 0 Å². The number of carbonyl (C=O) groups is 2. The Bertz CT molecular complexity index is 528. The predicted octanol–water partition coefficient (Wildman–Crippen LogP) is 1.93. The molecule has 1 fully saturated rings. The molecule has 1 N–H and O–H groups in total. The number of carboxylic acids is 1. The van der Waals surface area contributed by atoms with Crippen LogP contribution in [0, 0.1) is 0 Å². The van der Waals surface area contributed by atoms with Gasteiger partial charge in [-0.3, -0.25) is 9.59 Å². The summed E-state index contributed by atoms with van der Waals surface area (Å²) in [5, 5.41) is 8.92. The lowest BCUT2D eigenvalue weighted by molar-refractivity contribution is -0.142. The molecule has 2 unspecified atom stereocenters. The van der Waals surface area contributed by atoms with Gasteiger partial charge in [-0.25, -0.2) is 0 Å². The second-order valence-electron chi connectivity index (χ2n) is 5.36. The van der Waals surface area contributed by atoms with Gasteiger partial charge in [0, 0.05) is 12.6 Å². The van der Waals surface area contributed by atoms with Crippen LogP contribution in [0.25, 0.3) is 0 Å². The highest BCUT2D eigenvalue weighted by Gasteiger charge is 2.33. The second kappa shape index (κ2) is 7.15. The van der Waals surface area contributed by atoms with Crippen LogP contribution in [0.5, 0.6) is 11.5 Å². The molecule has 6 heteroatoms. The zero-order valence-electron chi connectivity index (χ0n) is 12.8. The first-order valence-corrected chi connectivity index (χ1v) is 7.34. The zero-order chi connectivity index (χ0) is 16.1. The van der Waals surface area contributed by atoms with E-state index in [2.05, 4.69) is 0 Å². The van der Waals surface area contributed by atoms with E-state index in [0.29, 0.717) is 18.0 Å². The predicted molar refractivity (Wildman–Crippen MR) is 80.1 cm³/mol. The fourth-order valence-electron chi connectivity index (χ4n) is 2.68. The summed E-state index contributed by atoms with van der Waals surface area (Å²) in [5.74, 6) is 0.246. The van der Waals surface area contributed by atoms with Crippen LogP contribution in [-0.2, 0) is 9.59 Å². The van der Waals surface area contributed by atoms with Crippen molar-refractivity contribution >= 4 is 11.9 Å².